The number of methoxy groups -OCH3 is 1. The molecule has 0 aliphatic carbocycles. The van der Waals surface area contributed by atoms with Crippen molar-refractivity contribution in [2.24, 2.45) is 0 Å². The van der Waals surface area contributed by atoms with Gasteiger partial charge in [0.2, 0.25) is 0 Å². The summed E-state index contributed by atoms with van der Waals surface area (Å²) in [5.74, 6) is -0.339. The Morgan fingerprint density at radius 3 is 2.12 bits per heavy atom. The van der Waals surface area contributed by atoms with Crippen LogP contribution in [0, 0.1) is 13.8 Å². The van der Waals surface area contributed by atoms with E-state index in [1.165, 1.54) is 17.6 Å². The maximum atomic E-state index is 13.7. The molecule has 0 unspecified atom stereocenters. The largest absolute Gasteiger partial charge is 0.495 e. The molecule has 1 aliphatic rings. The number of hydrogen-bond acceptors (Lipinski definition) is 4. The van der Waals surface area contributed by atoms with E-state index in [4.69, 9.17) is 4.74 Å². The van der Waals surface area contributed by atoms with Crippen molar-refractivity contribution in [3.63, 3.8) is 0 Å². The molecule has 0 bridgehead atoms. The van der Waals surface area contributed by atoms with Crippen LogP contribution in [-0.4, -0.2) is 18.9 Å². The fourth-order valence-electron chi connectivity index (χ4n) is 4.04. The maximum absolute atomic E-state index is 13.7. The van der Waals surface area contributed by atoms with Crippen molar-refractivity contribution in [3.05, 3.63) is 94.7 Å². The van der Waals surface area contributed by atoms with Crippen molar-refractivity contribution < 1.29 is 14.3 Å². The maximum Gasteiger partial charge on any atom is 0.282 e. The van der Waals surface area contributed by atoms with Crippen molar-refractivity contribution >= 4 is 28.8 Å². The number of nitrogens with zero attached hydrogens (tertiary/aromatic N) is 1. The lowest BCUT2D eigenvalue weighted by molar-refractivity contribution is -0.120. The molecule has 2 amide bonds. The third kappa shape index (κ3) is 4.21. The van der Waals surface area contributed by atoms with E-state index in [-0.39, 0.29) is 17.0 Å². The zero-order valence-electron chi connectivity index (χ0n) is 20.5. The molecule has 5 heteroatoms. The lowest BCUT2D eigenvalue weighted by Gasteiger charge is -2.20. The van der Waals surface area contributed by atoms with Crippen LogP contribution in [0.15, 0.2) is 72.4 Å². The summed E-state index contributed by atoms with van der Waals surface area (Å²) in [5, 5.41) is 3.25. The van der Waals surface area contributed by atoms with Crippen molar-refractivity contribution in [3.8, 4) is 5.75 Å². The van der Waals surface area contributed by atoms with Gasteiger partial charge < -0.3 is 10.1 Å². The Bertz CT molecular complexity index is 1300. The highest BCUT2D eigenvalue weighted by molar-refractivity contribution is 6.46. The minimum atomic E-state index is -0.414. The highest BCUT2D eigenvalue weighted by atomic mass is 16.5. The number of nitrogens with one attached hydrogen (secondary N) is 1. The minimum Gasteiger partial charge on any atom is -0.495 e. The first-order valence-electron chi connectivity index (χ1n) is 11.3. The fraction of sp³-hybridized carbons (Fsp3) is 0.241. The first-order chi connectivity index (χ1) is 16.1. The first-order valence-corrected chi connectivity index (χ1v) is 11.3. The summed E-state index contributed by atoms with van der Waals surface area (Å²) in [7, 11) is 1.53. The Hall–Kier alpha value is -3.86. The number of rotatable bonds is 5. The van der Waals surface area contributed by atoms with E-state index in [2.05, 4.69) is 26.1 Å². The molecular weight excluding hydrogens is 424 g/mol. The lowest BCUT2D eigenvalue weighted by Crippen LogP contribution is -2.32. The standard InChI is InChI=1S/C29H30N2O3/c1-18-11-12-20(17-19(18)2)25-26(30-22-15-13-21(14-16-22)29(3,4)5)28(33)31(27(25)32)23-9-7-8-10-24(23)34-6/h7-17,30H,1-6H3. The smallest absolute Gasteiger partial charge is 0.282 e. The summed E-state index contributed by atoms with van der Waals surface area (Å²) in [6, 6.07) is 20.8. The van der Waals surface area contributed by atoms with Gasteiger partial charge in [-0.15, -0.1) is 0 Å². The van der Waals surface area contributed by atoms with Gasteiger partial charge in [-0.25, -0.2) is 4.90 Å². The normalized spacial score (nSPS) is 14.1. The Kier molecular flexibility index (Phi) is 6.05. The van der Waals surface area contributed by atoms with Crippen LogP contribution < -0.4 is 15.0 Å². The SMILES string of the molecule is COc1ccccc1N1C(=O)C(Nc2ccc(C(C)(C)C)cc2)=C(c2ccc(C)c(C)c2)C1=O. The molecule has 0 saturated carbocycles. The number of hydrogen-bond donors (Lipinski definition) is 1. The third-order valence-electron chi connectivity index (χ3n) is 6.23. The van der Waals surface area contributed by atoms with E-state index in [9.17, 15) is 9.59 Å². The zero-order chi connectivity index (χ0) is 24.6. The Morgan fingerprint density at radius 1 is 0.824 bits per heavy atom. The van der Waals surface area contributed by atoms with E-state index < -0.39 is 5.91 Å². The summed E-state index contributed by atoms with van der Waals surface area (Å²) >= 11 is 0. The molecule has 3 aromatic rings. The van der Waals surface area contributed by atoms with Gasteiger partial charge >= 0.3 is 0 Å². The summed E-state index contributed by atoms with van der Waals surface area (Å²) < 4.78 is 5.44. The minimum absolute atomic E-state index is 0.0161. The van der Waals surface area contributed by atoms with Gasteiger partial charge in [0.05, 0.1) is 18.4 Å². The molecule has 0 atom stereocenters. The molecule has 34 heavy (non-hydrogen) atoms. The predicted octanol–water partition coefficient (Wildman–Crippen LogP) is 6.01. The second-order valence-electron chi connectivity index (χ2n) is 9.62. The van der Waals surface area contributed by atoms with Crippen LogP contribution in [0.4, 0.5) is 11.4 Å². The second kappa shape index (κ2) is 8.82. The summed E-state index contributed by atoms with van der Waals surface area (Å²) in [4.78, 5) is 28.6. The number of imide groups is 1. The molecular formula is C29H30N2O3. The number of carbonyl (C=O) groups excluding carboxylic acids is 2. The van der Waals surface area contributed by atoms with Gasteiger partial charge in [0.1, 0.15) is 11.4 Å². The number of benzene rings is 3. The summed E-state index contributed by atoms with van der Waals surface area (Å²) in [6.45, 7) is 10.5. The molecule has 174 valence electrons. The summed E-state index contributed by atoms with van der Waals surface area (Å²) in [5.41, 5.74) is 5.83. The number of aryl methyl sites for hydroxylation is 2. The molecule has 0 saturated heterocycles. The molecule has 3 aromatic carbocycles. The molecule has 1 N–H and O–H groups in total. The van der Waals surface area contributed by atoms with Crippen LogP contribution in [-0.2, 0) is 15.0 Å². The van der Waals surface area contributed by atoms with Crippen molar-refractivity contribution in [2.75, 3.05) is 17.3 Å². The van der Waals surface area contributed by atoms with Gasteiger partial charge in [0.15, 0.2) is 0 Å². The fourth-order valence-corrected chi connectivity index (χ4v) is 4.04. The topological polar surface area (TPSA) is 58.6 Å². The van der Waals surface area contributed by atoms with Crippen LogP contribution in [0.3, 0.4) is 0 Å². The van der Waals surface area contributed by atoms with Crippen LogP contribution in [0.5, 0.6) is 5.75 Å². The lowest BCUT2D eigenvalue weighted by atomic mass is 9.87. The van der Waals surface area contributed by atoms with Gasteiger partial charge in [-0.05, 0) is 65.8 Å². The molecule has 0 radical (unpaired) electrons. The van der Waals surface area contributed by atoms with Crippen LogP contribution in [0.25, 0.3) is 5.57 Å². The number of anilines is 2. The monoisotopic (exact) mass is 454 g/mol. The molecule has 0 aromatic heterocycles. The van der Waals surface area contributed by atoms with E-state index in [1.807, 2.05) is 56.3 Å². The number of para-hydroxylation sites is 2. The van der Waals surface area contributed by atoms with E-state index in [0.717, 1.165) is 16.8 Å². The molecule has 0 fully saturated rings. The van der Waals surface area contributed by atoms with E-state index in [0.29, 0.717) is 22.6 Å². The van der Waals surface area contributed by atoms with Gasteiger partial charge in [0.25, 0.3) is 11.8 Å². The van der Waals surface area contributed by atoms with Gasteiger partial charge in [0, 0.05) is 5.69 Å². The second-order valence-corrected chi connectivity index (χ2v) is 9.62. The number of ether oxygens (including phenoxy) is 1. The quantitative estimate of drug-likeness (QED) is 0.480. The van der Waals surface area contributed by atoms with Crippen molar-refractivity contribution in [1.82, 2.24) is 0 Å². The van der Waals surface area contributed by atoms with Crippen molar-refractivity contribution in [1.29, 1.82) is 0 Å². The average molecular weight is 455 g/mol. The molecule has 0 spiro atoms. The van der Waals surface area contributed by atoms with Gasteiger partial charge in [-0.2, -0.15) is 0 Å². The van der Waals surface area contributed by atoms with E-state index >= 15 is 0 Å². The van der Waals surface area contributed by atoms with Crippen LogP contribution in [0.2, 0.25) is 0 Å². The van der Waals surface area contributed by atoms with Crippen LogP contribution in [0.1, 0.15) is 43.0 Å². The first kappa shape index (κ1) is 23.3. The molecule has 1 aliphatic heterocycles. The Balaban J connectivity index is 1.82. The molecule has 4 rings (SSSR count). The highest BCUT2D eigenvalue weighted by Crippen LogP contribution is 2.38. The summed E-state index contributed by atoms with van der Waals surface area (Å²) in [6.07, 6.45) is 0. The Labute approximate surface area is 201 Å². The zero-order valence-corrected chi connectivity index (χ0v) is 20.5. The number of carbonyl (C=O) groups is 2. The highest BCUT2D eigenvalue weighted by Gasteiger charge is 2.41. The molecule has 5 nitrogen and oxygen atoms in total. The van der Waals surface area contributed by atoms with Gasteiger partial charge in [-0.1, -0.05) is 63.2 Å². The van der Waals surface area contributed by atoms with E-state index in [1.54, 1.807) is 24.3 Å². The third-order valence-corrected chi connectivity index (χ3v) is 6.23. The predicted molar refractivity (Wildman–Crippen MR) is 137 cm³/mol. The molecule has 1 heterocycles. The number of amides is 2. The van der Waals surface area contributed by atoms with Crippen molar-refractivity contribution in [2.45, 2.75) is 40.0 Å². The average Bonchev–Trinajstić information content (AvgIpc) is 3.04. The Morgan fingerprint density at radius 2 is 1.50 bits per heavy atom. The van der Waals surface area contributed by atoms with Gasteiger partial charge in [-0.3, -0.25) is 9.59 Å². The van der Waals surface area contributed by atoms with Crippen LogP contribution >= 0.6 is 0 Å².